The van der Waals surface area contributed by atoms with Crippen LogP contribution in [-0.2, 0) is 22.6 Å². The topological polar surface area (TPSA) is 81.7 Å². The van der Waals surface area contributed by atoms with E-state index in [-0.39, 0.29) is 12.3 Å². The van der Waals surface area contributed by atoms with E-state index in [0.717, 1.165) is 54.2 Å². The molecule has 34 heavy (non-hydrogen) atoms. The van der Waals surface area contributed by atoms with E-state index in [1.807, 2.05) is 36.4 Å². The molecule has 4 rings (SSSR count). The molecule has 6 nitrogen and oxygen atoms in total. The van der Waals surface area contributed by atoms with Crippen molar-refractivity contribution in [2.45, 2.75) is 51.1 Å². The van der Waals surface area contributed by atoms with E-state index < -0.39 is 12.0 Å². The third-order valence-electron chi connectivity index (χ3n) is 6.84. The average molecular weight is 462 g/mol. The Labute approximate surface area is 202 Å². The lowest BCUT2D eigenvalue weighted by molar-refractivity contribution is -0.141. The van der Waals surface area contributed by atoms with E-state index in [1.54, 1.807) is 4.90 Å². The van der Waals surface area contributed by atoms with E-state index in [2.05, 4.69) is 34.9 Å². The van der Waals surface area contributed by atoms with Crippen LogP contribution >= 0.6 is 0 Å². The summed E-state index contributed by atoms with van der Waals surface area (Å²) in [6, 6.07) is 15.5. The summed E-state index contributed by atoms with van der Waals surface area (Å²) in [5.41, 5.74) is 4.09. The summed E-state index contributed by atoms with van der Waals surface area (Å²) < 4.78 is 0. The smallest absolute Gasteiger partial charge is 0.305 e. The molecule has 1 amide bonds. The number of carbonyl (C=O) groups excluding carboxylic acids is 1. The Morgan fingerprint density at radius 1 is 1.12 bits per heavy atom. The van der Waals surface area contributed by atoms with Crippen LogP contribution in [0.15, 0.2) is 54.6 Å². The van der Waals surface area contributed by atoms with Crippen LogP contribution < -0.4 is 10.6 Å². The Morgan fingerprint density at radius 2 is 1.91 bits per heavy atom. The van der Waals surface area contributed by atoms with Crippen molar-refractivity contribution in [3.8, 4) is 0 Å². The molecule has 2 aliphatic heterocycles. The van der Waals surface area contributed by atoms with E-state index in [9.17, 15) is 14.7 Å². The maximum absolute atomic E-state index is 13.2. The van der Waals surface area contributed by atoms with Crippen molar-refractivity contribution in [2.75, 3.05) is 25.0 Å². The van der Waals surface area contributed by atoms with Crippen molar-refractivity contribution in [2.24, 2.45) is 5.92 Å². The van der Waals surface area contributed by atoms with Crippen molar-refractivity contribution in [1.82, 2.24) is 10.2 Å². The molecular formula is C28H35N3O3. The van der Waals surface area contributed by atoms with Crippen molar-refractivity contribution in [3.63, 3.8) is 0 Å². The van der Waals surface area contributed by atoms with Gasteiger partial charge in [-0.25, -0.2) is 0 Å². The standard InChI is InChI=1S/C28H35N3O3/c32-27(33)19-26-28(34)31(17-14-21-6-2-1-3-7-21)20-24-11-10-23(18-25(24)30-26)9-5-4-8-22-12-15-29-16-13-22/h1-3,5-7,9-11,18,22,26,29-30H,4,8,12-17,19-20H2,(H,32,33)/b9-5+. The first kappa shape index (κ1) is 24.0. The number of hydrogen-bond acceptors (Lipinski definition) is 4. The largest absolute Gasteiger partial charge is 0.481 e. The van der Waals surface area contributed by atoms with Gasteiger partial charge >= 0.3 is 5.97 Å². The molecule has 3 N–H and O–H groups in total. The molecule has 0 saturated carbocycles. The molecule has 2 aromatic carbocycles. The number of nitrogens with one attached hydrogen (secondary N) is 2. The second kappa shape index (κ2) is 11.8. The molecule has 1 fully saturated rings. The van der Waals surface area contributed by atoms with Crippen molar-refractivity contribution in [3.05, 3.63) is 71.3 Å². The van der Waals surface area contributed by atoms with Gasteiger partial charge < -0.3 is 20.6 Å². The van der Waals surface area contributed by atoms with Crippen LogP contribution in [0.5, 0.6) is 0 Å². The minimum atomic E-state index is -0.980. The lowest BCUT2D eigenvalue weighted by Crippen LogP contribution is -2.42. The van der Waals surface area contributed by atoms with Gasteiger partial charge in [0, 0.05) is 18.8 Å². The number of aliphatic carboxylic acids is 1. The zero-order chi connectivity index (χ0) is 23.8. The van der Waals surface area contributed by atoms with E-state index in [1.165, 1.54) is 19.3 Å². The molecule has 180 valence electrons. The highest BCUT2D eigenvalue weighted by Crippen LogP contribution is 2.27. The summed E-state index contributed by atoms with van der Waals surface area (Å²) in [5, 5.41) is 16.0. The summed E-state index contributed by atoms with van der Waals surface area (Å²) in [5.74, 6) is -0.330. The predicted octanol–water partition coefficient (Wildman–Crippen LogP) is 4.32. The quantitative estimate of drug-likeness (QED) is 0.518. The summed E-state index contributed by atoms with van der Waals surface area (Å²) >= 11 is 0. The first-order valence-electron chi connectivity index (χ1n) is 12.4. The lowest BCUT2D eigenvalue weighted by atomic mass is 9.93. The molecule has 6 heteroatoms. The highest BCUT2D eigenvalue weighted by Gasteiger charge is 2.30. The normalized spacial score (nSPS) is 19.0. The van der Waals surface area contributed by atoms with Gasteiger partial charge in [0.15, 0.2) is 0 Å². The number of piperidine rings is 1. The molecule has 2 heterocycles. The number of carboxylic acids is 1. The predicted molar refractivity (Wildman–Crippen MR) is 136 cm³/mol. The van der Waals surface area contributed by atoms with Crippen LogP contribution in [0.3, 0.4) is 0 Å². The fourth-order valence-electron chi connectivity index (χ4n) is 4.86. The Bertz CT molecular complexity index is 999. The summed E-state index contributed by atoms with van der Waals surface area (Å²) in [4.78, 5) is 26.5. The van der Waals surface area contributed by atoms with E-state index >= 15 is 0 Å². The van der Waals surface area contributed by atoms with Crippen LogP contribution in [0.4, 0.5) is 5.69 Å². The molecule has 0 radical (unpaired) electrons. The highest BCUT2D eigenvalue weighted by molar-refractivity contribution is 5.90. The SMILES string of the molecule is O=C(O)CC1Nc2cc(/C=C/CCC3CCNCC3)ccc2CN(CCc2ccccc2)C1=O. The lowest BCUT2D eigenvalue weighted by Gasteiger charge is -2.24. The second-order valence-corrected chi connectivity index (χ2v) is 9.38. The van der Waals surface area contributed by atoms with Gasteiger partial charge in [0.2, 0.25) is 5.91 Å². The number of benzene rings is 2. The van der Waals surface area contributed by atoms with Crippen LogP contribution in [0.2, 0.25) is 0 Å². The second-order valence-electron chi connectivity index (χ2n) is 9.38. The summed E-state index contributed by atoms with van der Waals surface area (Å²) in [7, 11) is 0. The fourth-order valence-corrected chi connectivity index (χ4v) is 4.86. The van der Waals surface area contributed by atoms with E-state index in [0.29, 0.717) is 13.1 Å². The Hall–Kier alpha value is -3.12. The molecule has 2 aliphatic rings. The number of rotatable bonds is 9. The zero-order valence-electron chi connectivity index (χ0n) is 19.7. The molecule has 1 atom stereocenters. The number of fused-ring (bicyclic) bond motifs is 1. The van der Waals surface area contributed by atoms with Crippen molar-refractivity contribution >= 4 is 23.6 Å². The van der Waals surface area contributed by atoms with Gasteiger partial charge in [-0.1, -0.05) is 54.6 Å². The molecule has 1 saturated heterocycles. The minimum absolute atomic E-state index is 0.159. The van der Waals surface area contributed by atoms with Gasteiger partial charge in [-0.2, -0.15) is 0 Å². The first-order chi connectivity index (χ1) is 16.6. The molecule has 0 bridgehead atoms. The fraction of sp³-hybridized carbons (Fsp3) is 0.429. The number of nitrogens with zero attached hydrogens (tertiary/aromatic N) is 1. The maximum Gasteiger partial charge on any atom is 0.305 e. The molecular weight excluding hydrogens is 426 g/mol. The third kappa shape index (κ3) is 6.70. The number of allylic oxidation sites excluding steroid dienone is 1. The monoisotopic (exact) mass is 461 g/mol. The summed E-state index contributed by atoms with van der Waals surface area (Å²) in [6.07, 6.45) is 9.65. The van der Waals surface area contributed by atoms with Crippen LogP contribution in [-0.4, -0.2) is 47.6 Å². The minimum Gasteiger partial charge on any atom is -0.481 e. The molecule has 0 aromatic heterocycles. The number of hydrogen-bond donors (Lipinski definition) is 3. The van der Waals surface area contributed by atoms with Gasteiger partial charge in [-0.15, -0.1) is 0 Å². The number of anilines is 1. The number of amides is 1. The van der Waals surface area contributed by atoms with Gasteiger partial charge in [-0.3, -0.25) is 9.59 Å². The third-order valence-corrected chi connectivity index (χ3v) is 6.84. The van der Waals surface area contributed by atoms with Gasteiger partial charge in [0.25, 0.3) is 0 Å². The Balaban J connectivity index is 1.44. The van der Waals surface area contributed by atoms with Crippen LogP contribution in [0.1, 0.15) is 48.8 Å². The summed E-state index contributed by atoms with van der Waals surface area (Å²) in [6.45, 7) is 3.29. The van der Waals surface area contributed by atoms with E-state index in [4.69, 9.17) is 0 Å². The van der Waals surface area contributed by atoms with Crippen LogP contribution in [0, 0.1) is 5.92 Å². The Morgan fingerprint density at radius 3 is 2.68 bits per heavy atom. The van der Waals surface area contributed by atoms with Gasteiger partial charge in [-0.05, 0) is 73.9 Å². The first-order valence-corrected chi connectivity index (χ1v) is 12.4. The van der Waals surface area contributed by atoms with Crippen LogP contribution in [0.25, 0.3) is 6.08 Å². The van der Waals surface area contributed by atoms with Gasteiger partial charge in [0.05, 0.1) is 6.42 Å². The molecule has 0 aliphatic carbocycles. The Kier molecular flexibility index (Phi) is 8.36. The highest BCUT2D eigenvalue weighted by atomic mass is 16.4. The van der Waals surface area contributed by atoms with Crippen molar-refractivity contribution < 1.29 is 14.7 Å². The zero-order valence-corrected chi connectivity index (χ0v) is 19.7. The van der Waals surface area contributed by atoms with Gasteiger partial charge in [0.1, 0.15) is 6.04 Å². The van der Waals surface area contributed by atoms with Crippen molar-refractivity contribution in [1.29, 1.82) is 0 Å². The molecule has 2 aromatic rings. The number of carbonyl (C=O) groups is 2. The number of carboxylic acid groups (broad SMARTS) is 1. The molecule has 1 unspecified atom stereocenters. The molecule has 0 spiro atoms. The average Bonchev–Trinajstić information content (AvgIpc) is 2.97. The maximum atomic E-state index is 13.2.